The van der Waals surface area contributed by atoms with E-state index in [0.717, 1.165) is 24.8 Å². The van der Waals surface area contributed by atoms with E-state index in [1.165, 1.54) is 44.2 Å². The molecule has 2 aliphatic carbocycles. The lowest BCUT2D eigenvalue weighted by Crippen LogP contribution is -2.51. The number of benzene rings is 1. The van der Waals surface area contributed by atoms with Gasteiger partial charge in [0.05, 0.1) is 6.54 Å². The van der Waals surface area contributed by atoms with Gasteiger partial charge in [0.2, 0.25) is 5.91 Å². The molecule has 1 amide bonds. The summed E-state index contributed by atoms with van der Waals surface area (Å²) in [6, 6.07) is 7.23. The summed E-state index contributed by atoms with van der Waals surface area (Å²) < 4.78 is 13.3. The van der Waals surface area contributed by atoms with Gasteiger partial charge in [0.1, 0.15) is 5.82 Å². The largest absolute Gasteiger partial charge is 0.353 e. The van der Waals surface area contributed by atoms with Gasteiger partial charge in [0, 0.05) is 18.6 Å². The van der Waals surface area contributed by atoms with Crippen molar-refractivity contribution in [2.45, 2.75) is 83.8 Å². The minimum atomic E-state index is -0.230. The predicted molar refractivity (Wildman–Crippen MR) is 124 cm³/mol. The normalized spacial score (nSPS) is 24.8. The Morgan fingerprint density at radius 1 is 1.07 bits per heavy atom. The molecule has 166 valence electrons. The summed E-state index contributed by atoms with van der Waals surface area (Å²) in [4.78, 5) is 14.8. The summed E-state index contributed by atoms with van der Waals surface area (Å²) in [5.74, 6) is 0.933. The van der Waals surface area contributed by atoms with Gasteiger partial charge < -0.3 is 15.5 Å². The van der Waals surface area contributed by atoms with E-state index in [-0.39, 0.29) is 24.3 Å². The molecule has 0 aromatic heterocycles. The number of amides is 1. The molecule has 1 aromatic carbocycles. The first-order chi connectivity index (χ1) is 14.4. The molecule has 0 unspecified atom stereocenters. The number of nitrogens with one attached hydrogen (secondary N) is 2. The second-order valence-electron chi connectivity index (χ2n) is 9.15. The third-order valence-corrected chi connectivity index (χ3v) is 7.37. The first kappa shape index (κ1) is 23.0. The highest BCUT2D eigenvalue weighted by Crippen LogP contribution is 2.29. The van der Waals surface area contributed by atoms with Crippen LogP contribution in [0.2, 0.25) is 0 Å². The third kappa shape index (κ3) is 6.40. The van der Waals surface area contributed by atoms with Gasteiger partial charge in [0.15, 0.2) is 5.11 Å². The highest BCUT2D eigenvalue weighted by molar-refractivity contribution is 7.80. The highest BCUT2D eigenvalue weighted by atomic mass is 32.1. The van der Waals surface area contributed by atoms with Crippen LogP contribution in [0.25, 0.3) is 0 Å². The zero-order valence-electron chi connectivity index (χ0n) is 18.3. The van der Waals surface area contributed by atoms with Gasteiger partial charge in [-0.3, -0.25) is 4.79 Å². The molecule has 3 rings (SSSR count). The maximum atomic E-state index is 13.3. The maximum absolute atomic E-state index is 13.3. The summed E-state index contributed by atoms with van der Waals surface area (Å²) in [7, 11) is 0. The van der Waals surface area contributed by atoms with E-state index >= 15 is 0 Å². The Balaban J connectivity index is 1.56. The van der Waals surface area contributed by atoms with E-state index in [9.17, 15) is 9.18 Å². The fraction of sp³-hybridized carbons (Fsp3) is 0.667. The van der Waals surface area contributed by atoms with Crippen molar-refractivity contribution in [1.29, 1.82) is 0 Å². The molecule has 0 heterocycles. The maximum Gasteiger partial charge on any atom is 0.239 e. The molecular formula is C24H36FN3OS. The smallest absolute Gasteiger partial charge is 0.239 e. The van der Waals surface area contributed by atoms with E-state index in [4.69, 9.17) is 12.2 Å². The van der Waals surface area contributed by atoms with Crippen LogP contribution in [0, 0.1) is 17.7 Å². The van der Waals surface area contributed by atoms with Crippen LogP contribution in [0.4, 0.5) is 4.39 Å². The second kappa shape index (κ2) is 11.1. The Hall–Kier alpha value is -1.69. The molecule has 30 heavy (non-hydrogen) atoms. The SMILES string of the molecule is C[C@H]1[C@H](C)CCC[C@H]1NC(=O)CNC(=S)N(Cc1ccc(F)cc1)C1CCCCC1. The van der Waals surface area contributed by atoms with Crippen LogP contribution in [0.1, 0.15) is 70.8 Å². The summed E-state index contributed by atoms with van der Waals surface area (Å²) >= 11 is 5.71. The van der Waals surface area contributed by atoms with Crippen LogP contribution in [-0.2, 0) is 11.3 Å². The lowest BCUT2D eigenvalue weighted by Gasteiger charge is -2.37. The topological polar surface area (TPSA) is 44.4 Å². The van der Waals surface area contributed by atoms with Gasteiger partial charge in [-0.15, -0.1) is 0 Å². The zero-order valence-corrected chi connectivity index (χ0v) is 19.1. The first-order valence-corrected chi connectivity index (χ1v) is 11.9. The second-order valence-corrected chi connectivity index (χ2v) is 9.53. The van der Waals surface area contributed by atoms with E-state index < -0.39 is 0 Å². The molecule has 6 heteroatoms. The number of carbonyl (C=O) groups excluding carboxylic acids is 1. The Labute approximate surface area is 186 Å². The highest BCUT2D eigenvalue weighted by Gasteiger charge is 2.28. The summed E-state index contributed by atoms with van der Waals surface area (Å²) in [6.45, 7) is 5.34. The summed E-state index contributed by atoms with van der Waals surface area (Å²) in [5, 5.41) is 7.02. The first-order valence-electron chi connectivity index (χ1n) is 11.5. The van der Waals surface area contributed by atoms with Crippen molar-refractivity contribution in [3.05, 3.63) is 35.6 Å². The molecule has 0 radical (unpaired) electrons. The molecule has 0 aliphatic heterocycles. The fourth-order valence-electron chi connectivity index (χ4n) is 4.85. The van der Waals surface area contributed by atoms with Gasteiger partial charge in [-0.25, -0.2) is 4.39 Å². The van der Waals surface area contributed by atoms with Crippen LogP contribution in [-0.4, -0.2) is 34.5 Å². The average Bonchev–Trinajstić information content (AvgIpc) is 2.75. The lowest BCUT2D eigenvalue weighted by atomic mass is 9.78. The number of halogens is 1. The number of carbonyl (C=O) groups is 1. The van der Waals surface area contributed by atoms with Crippen LogP contribution < -0.4 is 10.6 Å². The molecule has 1 aromatic rings. The average molecular weight is 434 g/mol. The van der Waals surface area contributed by atoms with Gasteiger partial charge >= 0.3 is 0 Å². The van der Waals surface area contributed by atoms with Crippen LogP contribution in [0.15, 0.2) is 24.3 Å². The van der Waals surface area contributed by atoms with Crippen molar-refractivity contribution in [2.75, 3.05) is 6.54 Å². The molecule has 2 N–H and O–H groups in total. The summed E-state index contributed by atoms with van der Waals surface area (Å²) in [6.07, 6.45) is 9.35. The van der Waals surface area contributed by atoms with Gasteiger partial charge in [0.25, 0.3) is 0 Å². The van der Waals surface area contributed by atoms with Crippen molar-refractivity contribution >= 4 is 23.2 Å². The summed E-state index contributed by atoms with van der Waals surface area (Å²) in [5.41, 5.74) is 1.03. The van der Waals surface area contributed by atoms with Crippen molar-refractivity contribution in [3.63, 3.8) is 0 Å². The molecule has 0 saturated heterocycles. The van der Waals surface area contributed by atoms with E-state index in [1.54, 1.807) is 0 Å². The number of hydrogen-bond acceptors (Lipinski definition) is 2. The van der Waals surface area contributed by atoms with Crippen LogP contribution in [0.3, 0.4) is 0 Å². The predicted octanol–water partition coefficient (Wildman–Crippen LogP) is 4.78. The lowest BCUT2D eigenvalue weighted by molar-refractivity contribution is -0.121. The van der Waals surface area contributed by atoms with E-state index in [2.05, 4.69) is 29.4 Å². The van der Waals surface area contributed by atoms with Crippen molar-refractivity contribution < 1.29 is 9.18 Å². The standard InChI is InChI=1S/C24H36FN3OS/c1-17-7-6-10-22(18(17)2)27-23(29)15-26-24(30)28(21-8-4-3-5-9-21)16-19-11-13-20(25)14-12-19/h11-14,17-18,21-22H,3-10,15-16H2,1-2H3,(H,26,30)(H,27,29)/t17-,18+,22-/m1/s1. The number of thiocarbonyl (C=S) groups is 1. The Morgan fingerprint density at radius 3 is 2.47 bits per heavy atom. The Kier molecular flexibility index (Phi) is 8.49. The molecular weight excluding hydrogens is 397 g/mol. The van der Waals surface area contributed by atoms with E-state index in [1.807, 2.05) is 12.1 Å². The molecule has 0 bridgehead atoms. The van der Waals surface area contributed by atoms with Gasteiger partial charge in [-0.2, -0.15) is 0 Å². The minimum absolute atomic E-state index is 0.00803. The molecule has 2 aliphatic rings. The van der Waals surface area contributed by atoms with Crippen molar-refractivity contribution in [2.24, 2.45) is 11.8 Å². The molecule has 4 nitrogen and oxygen atoms in total. The zero-order chi connectivity index (χ0) is 21.5. The molecule has 2 fully saturated rings. The third-order valence-electron chi connectivity index (χ3n) is 7.00. The number of rotatable bonds is 6. The monoisotopic (exact) mass is 433 g/mol. The fourth-order valence-corrected chi connectivity index (χ4v) is 5.13. The van der Waals surface area contributed by atoms with Crippen LogP contribution >= 0.6 is 12.2 Å². The number of nitrogens with zero attached hydrogens (tertiary/aromatic N) is 1. The van der Waals surface area contributed by atoms with Crippen molar-refractivity contribution in [1.82, 2.24) is 15.5 Å². The quantitative estimate of drug-likeness (QED) is 0.634. The molecule has 2 saturated carbocycles. The van der Waals surface area contributed by atoms with Crippen LogP contribution in [0.5, 0.6) is 0 Å². The Morgan fingerprint density at radius 2 is 1.77 bits per heavy atom. The molecule has 3 atom stereocenters. The minimum Gasteiger partial charge on any atom is -0.353 e. The van der Waals surface area contributed by atoms with Gasteiger partial charge in [-0.05, 0) is 61.0 Å². The van der Waals surface area contributed by atoms with Gasteiger partial charge in [-0.1, -0.05) is 58.1 Å². The van der Waals surface area contributed by atoms with E-state index in [0.29, 0.717) is 29.5 Å². The Bertz CT molecular complexity index is 705. The molecule has 0 spiro atoms. The number of hydrogen-bond donors (Lipinski definition) is 2. The van der Waals surface area contributed by atoms with Crippen molar-refractivity contribution in [3.8, 4) is 0 Å².